The van der Waals surface area contributed by atoms with Gasteiger partial charge in [0.25, 0.3) is 0 Å². The first-order valence-electron chi connectivity index (χ1n) is 3.86. The molecule has 0 spiro atoms. The number of hydrogen-bond donors (Lipinski definition) is 3. The highest BCUT2D eigenvalue weighted by Gasteiger charge is 2.11. The number of benzene rings is 1. The molecule has 70 valence electrons. The summed E-state index contributed by atoms with van der Waals surface area (Å²) >= 11 is 0. The maximum absolute atomic E-state index is 10.4. The number of hydrogen-bond acceptors (Lipinski definition) is 3. The summed E-state index contributed by atoms with van der Waals surface area (Å²) in [5.74, 6) is -0.860. The van der Waals surface area contributed by atoms with Crippen LogP contribution in [-0.4, -0.2) is 22.2 Å². The molecule has 4 nitrogen and oxygen atoms in total. The molecular weight excluding hydrogens is 169 g/mol. The Morgan fingerprint density at radius 2 is 1.92 bits per heavy atom. The zero-order chi connectivity index (χ0) is 9.84. The lowest BCUT2D eigenvalue weighted by atomic mass is 9.89. The second kappa shape index (κ2) is 3.91. The van der Waals surface area contributed by atoms with Gasteiger partial charge in [-0.25, -0.2) is 0 Å². The number of aliphatic carboxylic acids is 1. The fourth-order valence-corrected chi connectivity index (χ4v) is 0.973. The highest BCUT2D eigenvalue weighted by Crippen LogP contribution is 2.10. The molecule has 13 heavy (non-hydrogen) atoms. The van der Waals surface area contributed by atoms with Crippen LogP contribution >= 0.6 is 0 Å². The molecule has 0 fully saturated rings. The van der Waals surface area contributed by atoms with Crippen molar-refractivity contribution in [3.8, 4) is 5.75 Å². The summed E-state index contributed by atoms with van der Waals surface area (Å²) in [4.78, 5) is 10.4. The van der Waals surface area contributed by atoms with Crippen molar-refractivity contribution in [3.63, 3.8) is 0 Å². The van der Waals surface area contributed by atoms with Crippen molar-refractivity contribution < 1.29 is 15.0 Å². The van der Waals surface area contributed by atoms with E-state index in [4.69, 9.17) is 15.9 Å². The van der Waals surface area contributed by atoms with Crippen molar-refractivity contribution in [2.45, 2.75) is 12.5 Å². The SMILES string of the molecule is N[C@@H](Cc1ccc(O)cc1)[11C](=O)O. The first-order valence-corrected chi connectivity index (χ1v) is 3.86. The number of carbonyl (C=O) groups is 1. The Hall–Kier alpha value is -1.55. The molecule has 0 unspecified atom stereocenters. The molecule has 1 atom stereocenters. The van der Waals surface area contributed by atoms with E-state index in [0.717, 1.165) is 5.56 Å². The number of nitrogens with two attached hydrogens (primary N) is 1. The molecule has 0 saturated heterocycles. The normalized spacial score (nSPS) is 12.4. The van der Waals surface area contributed by atoms with Crippen LogP contribution in [0.5, 0.6) is 5.75 Å². The Morgan fingerprint density at radius 3 is 2.38 bits per heavy atom. The van der Waals surface area contributed by atoms with Crippen molar-refractivity contribution >= 4 is 5.97 Å². The Balaban J connectivity index is 2.64. The molecule has 4 heteroatoms. The van der Waals surface area contributed by atoms with E-state index in [1.54, 1.807) is 12.1 Å². The van der Waals surface area contributed by atoms with Gasteiger partial charge < -0.3 is 15.9 Å². The number of phenols is 1. The van der Waals surface area contributed by atoms with E-state index >= 15 is 0 Å². The second-order valence-corrected chi connectivity index (χ2v) is 2.82. The van der Waals surface area contributed by atoms with Gasteiger partial charge in [-0.3, -0.25) is 4.79 Å². The van der Waals surface area contributed by atoms with E-state index in [1.165, 1.54) is 12.1 Å². The minimum atomic E-state index is -1.02. The zero-order valence-corrected chi connectivity index (χ0v) is 6.97. The summed E-state index contributed by atoms with van der Waals surface area (Å²) in [6.07, 6.45) is 0.273. The smallest absolute Gasteiger partial charge is 0.320 e. The summed E-state index contributed by atoms with van der Waals surface area (Å²) in [6.45, 7) is 0. The van der Waals surface area contributed by atoms with Gasteiger partial charge in [-0.1, -0.05) is 12.1 Å². The average molecular weight is 180 g/mol. The van der Waals surface area contributed by atoms with E-state index in [9.17, 15) is 4.79 Å². The third kappa shape index (κ3) is 2.76. The Kier molecular flexibility index (Phi) is 2.87. The summed E-state index contributed by atoms with van der Waals surface area (Å²) in [5, 5.41) is 17.5. The molecule has 1 aromatic rings. The Morgan fingerprint density at radius 1 is 1.38 bits per heavy atom. The predicted octanol–water partition coefficient (Wildman–Crippen LogP) is 0.347. The quantitative estimate of drug-likeness (QED) is 0.626. The van der Waals surface area contributed by atoms with Crippen molar-refractivity contribution in [1.29, 1.82) is 0 Å². The molecular formula is C9H11NO3. The molecule has 0 heterocycles. The van der Waals surface area contributed by atoms with Gasteiger partial charge >= 0.3 is 5.97 Å². The first-order chi connectivity index (χ1) is 6.09. The molecule has 0 saturated carbocycles. The Bertz CT molecular complexity index is 294. The van der Waals surface area contributed by atoms with E-state index in [1.807, 2.05) is 0 Å². The van der Waals surface area contributed by atoms with Crippen molar-refractivity contribution in [2.24, 2.45) is 5.73 Å². The second-order valence-electron chi connectivity index (χ2n) is 2.82. The first kappa shape index (κ1) is 9.54. The Labute approximate surface area is 75.6 Å². The number of phenolic OH excluding ortho intramolecular Hbond substituents is 1. The van der Waals surface area contributed by atoms with Crippen LogP contribution in [0.15, 0.2) is 24.3 Å². The predicted molar refractivity (Wildman–Crippen MR) is 47.4 cm³/mol. The van der Waals surface area contributed by atoms with Crippen molar-refractivity contribution in [1.82, 2.24) is 0 Å². The average Bonchev–Trinajstić information content (AvgIpc) is 2.08. The third-order valence-corrected chi connectivity index (χ3v) is 1.71. The molecule has 0 aliphatic heterocycles. The molecule has 0 radical (unpaired) electrons. The van der Waals surface area contributed by atoms with Gasteiger partial charge in [0.05, 0.1) is 0 Å². The maximum Gasteiger partial charge on any atom is 0.320 e. The van der Waals surface area contributed by atoms with Gasteiger partial charge in [-0.05, 0) is 24.1 Å². The molecule has 1 aromatic carbocycles. The zero-order valence-electron chi connectivity index (χ0n) is 6.97. The monoisotopic (exact) mass is 180 g/mol. The molecule has 0 aliphatic carbocycles. The largest absolute Gasteiger partial charge is 0.508 e. The molecule has 0 aliphatic rings. The summed E-state index contributed by atoms with van der Waals surface area (Å²) in [6, 6.07) is 5.42. The van der Waals surface area contributed by atoms with Crippen LogP contribution in [-0.2, 0) is 11.2 Å². The standard InChI is InChI=1S/C9H11NO3/c10-8(9(12)13)5-6-1-3-7(11)4-2-6/h1-4,8,11H,5,10H2,(H,12,13)/t8-/m0/s1/i9-1. The van der Waals surface area contributed by atoms with Crippen LogP contribution < -0.4 is 5.73 Å². The van der Waals surface area contributed by atoms with Crippen LogP contribution in [0.25, 0.3) is 0 Å². The van der Waals surface area contributed by atoms with E-state index in [2.05, 4.69) is 0 Å². The van der Waals surface area contributed by atoms with Gasteiger partial charge in [-0.2, -0.15) is 0 Å². The molecule has 4 N–H and O–H groups in total. The van der Waals surface area contributed by atoms with E-state index in [0.29, 0.717) is 0 Å². The number of carboxylic acid groups (broad SMARTS) is 1. The van der Waals surface area contributed by atoms with E-state index in [-0.39, 0.29) is 12.2 Å². The van der Waals surface area contributed by atoms with Crippen LogP contribution in [0.2, 0.25) is 0 Å². The van der Waals surface area contributed by atoms with Gasteiger partial charge in [0.2, 0.25) is 0 Å². The molecule has 1 rings (SSSR count). The van der Waals surface area contributed by atoms with Gasteiger partial charge in [-0.15, -0.1) is 0 Å². The lowest BCUT2D eigenvalue weighted by molar-refractivity contribution is -0.138. The van der Waals surface area contributed by atoms with Crippen LogP contribution in [0.4, 0.5) is 0 Å². The fraction of sp³-hybridized carbons (Fsp3) is 0.222. The maximum atomic E-state index is 10.4. The topological polar surface area (TPSA) is 83.5 Å². The summed E-state index contributed by atoms with van der Waals surface area (Å²) in [7, 11) is 0. The number of rotatable bonds is 3. The van der Waals surface area contributed by atoms with E-state index < -0.39 is 12.0 Å². The van der Waals surface area contributed by atoms with Crippen LogP contribution in [0, 0.1) is 0 Å². The number of aromatic hydroxyl groups is 1. The molecule has 0 amide bonds. The van der Waals surface area contributed by atoms with Crippen LogP contribution in [0.1, 0.15) is 5.56 Å². The summed E-state index contributed by atoms with van der Waals surface area (Å²) < 4.78 is 0. The third-order valence-electron chi connectivity index (χ3n) is 1.71. The fourth-order valence-electron chi connectivity index (χ4n) is 0.973. The minimum Gasteiger partial charge on any atom is -0.508 e. The lowest BCUT2D eigenvalue weighted by Crippen LogP contribution is -2.32. The highest BCUT2D eigenvalue weighted by atomic mass is 16.3. The highest BCUT2D eigenvalue weighted by molar-refractivity contribution is 5.73. The minimum absolute atomic E-state index is 0.160. The summed E-state index contributed by atoms with van der Waals surface area (Å²) in [5.41, 5.74) is 6.12. The van der Waals surface area contributed by atoms with Crippen molar-refractivity contribution in [2.75, 3.05) is 0 Å². The van der Waals surface area contributed by atoms with Crippen molar-refractivity contribution in [3.05, 3.63) is 29.8 Å². The van der Waals surface area contributed by atoms with Gasteiger partial charge in [0, 0.05) is 0 Å². The van der Waals surface area contributed by atoms with Gasteiger partial charge in [0.15, 0.2) is 0 Å². The molecule has 0 bridgehead atoms. The van der Waals surface area contributed by atoms with Crippen LogP contribution in [0.3, 0.4) is 0 Å². The number of carboxylic acids is 1. The molecule has 0 aromatic heterocycles. The van der Waals surface area contributed by atoms with Gasteiger partial charge in [0.1, 0.15) is 11.8 Å². The lowest BCUT2D eigenvalue weighted by Gasteiger charge is -2.05.